The van der Waals surface area contributed by atoms with Crippen molar-refractivity contribution in [1.82, 2.24) is 9.80 Å². The zero-order valence-electron chi connectivity index (χ0n) is 13.6. The highest BCUT2D eigenvalue weighted by Crippen LogP contribution is 2.19. The zero-order valence-corrected chi connectivity index (χ0v) is 13.6. The predicted molar refractivity (Wildman–Crippen MR) is 87.7 cm³/mol. The number of hydrogen-bond donors (Lipinski definition) is 1. The van der Waals surface area contributed by atoms with E-state index in [1.807, 2.05) is 19.1 Å². The minimum Gasteiger partial charge on any atom is -0.494 e. The van der Waals surface area contributed by atoms with E-state index in [4.69, 9.17) is 10.5 Å². The average Bonchev–Trinajstić information content (AvgIpc) is 2.61. The molecule has 1 saturated heterocycles. The molecule has 1 aromatic rings. The van der Waals surface area contributed by atoms with Crippen LogP contribution in [0.2, 0.25) is 0 Å². The molecule has 0 amide bonds. The Morgan fingerprint density at radius 3 is 2.67 bits per heavy atom. The van der Waals surface area contributed by atoms with Crippen LogP contribution in [-0.4, -0.2) is 55.7 Å². The Balaban J connectivity index is 1.94. The van der Waals surface area contributed by atoms with Crippen molar-refractivity contribution >= 4 is 0 Å². The number of nitrogens with zero attached hydrogens (tertiary/aromatic N) is 2. The summed E-state index contributed by atoms with van der Waals surface area (Å²) in [5.74, 6) is 0.915. The largest absolute Gasteiger partial charge is 0.494 e. The second kappa shape index (κ2) is 7.78. The van der Waals surface area contributed by atoms with Crippen molar-refractivity contribution in [2.24, 2.45) is 5.73 Å². The van der Waals surface area contributed by atoms with Crippen molar-refractivity contribution < 1.29 is 4.74 Å². The van der Waals surface area contributed by atoms with E-state index >= 15 is 0 Å². The number of ether oxygens (including phenoxy) is 1. The Morgan fingerprint density at radius 1 is 1.29 bits per heavy atom. The van der Waals surface area contributed by atoms with Crippen LogP contribution in [0.5, 0.6) is 5.75 Å². The minimum atomic E-state index is 0.0616. The van der Waals surface area contributed by atoms with Gasteiger partial charge in [0.25, 0.3) is 0 Å². The van der Waals surface area contributed by atoms with Gasteiger partial charge >= 0.3 is 0 Å². The summed E-state index contributed by atoms with van der Waals surface area (Å²) in [6, 6.07) is 8.82. The van der Waals surface area contributed by atoms with Gasteiger partial charge in [-0.3, -0.25) is 4.90 Å². The van der Waals surface area contributed by atoms with Crippen LogP contribution < -0.4 is 10.5 Å². The van der Waals surface area contributed by atoms with Crippen molar-refractivity contribution in [3.05, 3.63) is 29.8 Å². The molecule has 2 N–H and O–H groups in total. The molecule has 0 aliphatic carbocycles. The summed E-state index contributed by atoms with van der Waals surface area (Å²) in [5, 5.41) is 0. The third kappa shape index (κ3) is 4.70. The van der Waals surface area contributed by atoms with Gasteiger partial charge in [0.2, 0.25) is 0 Å². The number of rotatable bonds is 5. The molecule has 21 heavy (non-hydrogen) atoms. The van der Waals surface area contributed by atoms with E-state index in [1.165, 1.54) is 18.5 Å². The Hall–Kier alpha value is -1.10. The van der Waals surface area contributed by atoms with Crippen LogP contribution in [-0.2, 0) is 0 Å². The zero-order chi connectivity index (χ0) is 15.2. The van der Waals surface area contributed by atoms with Crippen LogP contribution in [0.25, 0.3) is 0 Å². The summed E-state index contributed by atoms with van der Waals surface area (Å²) in [7, 11) is 2.20. The Kier molecular flexibility index (Phi) is 6.03. The predicted octanol–water partition coefficient (Wildman–Crippen LogP) is 2.11. The number of hydrogen-bond acceptors (Lipinski definition) is 4. The first-order chi connectivity index (χ1) is 10.1. The van der Waals surface area contributed by atoms with Gasteiger partial charge in [-0.05, 0) is 58.1 Å². The van der Waals surface area contributed by atoms with E-state index in [-0.39, 0.29) is 6.04 Å². The molecule has 0 radical (unpaired) electrons. The molecule has 1 aromatic carbocycles. The topological polar surface area (TPSA) is 41.7 Å². The highest BCUT2D eigenvalue weighted by atomic mass is 16.5. The lowest BCUT2D eigenvalue weighted by Crippen LogP contribution is -2.41. The molecule has 0 bridgehead atoms. The first-order valence-electron chi connectivity index (χ1n) is 8.01. The molecule has 4 heteroatoms. The maximum atomic E-state index is 6.40. The van der Waals surface area contributed by atoms with Crippen LogP contribution in [0.15, 0.2) is 24.3 Å². The van der Waals surface area contributed by atoms with Crippen LogP contribution >= 0.6 is 0 Å². The maximum Gasteiger partial charge on any atom is 0.119 e. The first-order valence-corrected chi connectivity index (χ1v) is 8.01. The van der Waals surface area contributed by atoms with Crippen LogP contribution in [0.1, 0.15) is 31.9 Å². The fourth-order valence-electron chi connectivity index (χ4n) is 3.03. The molecule has 0 aromatic heterocycles. The monoisotopic (exact) mass is 291 g/mol. The summed E-state index contributed by atoms with van der Waals surface area (Å²) in [4.78, 5) is 4.93. The highest BCUT2D eigenvalue weighted by Gasteiger charge is 2.21. The quantitative estimate of drug-likeness (QED) is 0.902. The lowest BCUT2D eigenvalue weighted by atomic mass is 10.1. The molecule has 1 fully saturated rings. The van der Waals surface area contributed by atoms with E-state index in [2.05, 4.69) is 35.9 Å². The van der Waals surface area contributed by atoms with Crippen molar-refractivity contribution in [1.29, 1.82) is 0 Å². The van der Waals surface area contributed by atoms with Gasteiger partial charge < -0.3 is 15.4 Å². The molecule has 2 unspecified atom stereocenters. The SMILES string of the molecule is CCOc1ccc(C(N)CN2CCCN(C)CC2C)cc1. The summed E-state index contributed by atoms with van der Waals surface area (Å²) in [5.41, 5.74) is 7.59. The number of likely N-dealkylation sites (N-methyl/N-ethyl adjacent to an activating group) is 1. The van der Waals surface area contributed by atoms with E-state index in [9.17, 15) is 0 Å². The van der Waals surface area contributed by atoms with Crippen LogP contribution in [0, 0.1) is 0 Å². The second-order valence-electron chi connectivity index (χ2n) is 6.07. The summed E-state index contributed by atoms with van der Waals surface area (Å²) >= 11 is 0. The van der Waals surface area contributed by atoms with Gasteiger partial charge in [-0.1, -0.05) is 12.1 Å². The fourth-order valence-corrected chi connectivity index (χ4v) is 3.03. The summed E-state index contributed by atoms with van der Waals surface area (Å²) in [6.07, 6.45) is 1.22. The molecule has 1 aliphatic heterocycles. The van der Waals surface area contributed by atoms with Crippen molar-refractivity contribution in [2.45, 2.75) is 32.4 Å². The van der Waals surface area contributed by atoms with Gasteiger partial charge in [0, 0.05) is 25.2 Å². The fraction of sp³-hybridized carbons (Fsp3) is 0.647. The van der Waals surface area contributed by atoms with Crippen molar-refractivity contribution in [3.8, 4) is 5.75 Å². The molecular weight excluding hydrogens is 262 g/mol. The van der Waals surface area contributed by atoms with Crippen molar-refractivity contribution in [2.75, 3.05) is 39.8 Å². The molecule has 118 valence electrons. The highest BCUT2D eigenvalue weighted by molar-refractivity contribution is 5.29. The minimum absolute atomic E-state index is 0.0616. The molecule has 1 aliphatic rings. The molecule has 2 rings (SSSR count). The van der Waals surface area contributed by atoms with E-state index in [0.717, 1.165) is 25.4 Å². The van der Waals surface area contributed by atoms with Gasteiger partial charge in [-0.25, -0.2) is 0 Å². The van der Waals surface area contributed by atoms with Crippen LogP contribution in [0.3, 0.4) is 0 Å². The van der Waals surface area contributed by atoms with E-state index in [0.29, 0.717) is 12.6 Å². The standard InChI is InChI=1S/C17H29N3O/c1-4-21-16-8-6-15(7-9-16)17(18)13-20-11-5-10-19(3)12-14(20)2/h6-9,14,17H,4-5,10-13,18H2,1-3H3. The normalized spacial score (nSPS) is 22.8. The Labute approximate surface area is 128 Å². The molecule has 2 atom stereocenters. The van der Waals surface area contributed by atoms with Gasteiger partial charge in [-0.15, -0.1) is 0 Å². The van der Waals surface area contributed by atoms with E-state index < -0.39 is 0 Å². The Morgan fingerprint density at radius 2 is 2.00 bits per heavy atom. The maximum absolute atomic E-state index is 6.40. The smallest absolute Gasteiger partial charge is 0.119 e. The van der Waals surface area contributed by atoms with Gasteiger partial charge in [0.05, 0.1) is 6.61 Å². The third-order valence-electron chi connectivity index (χ3n) is 4.23. The number of nitrogens with two attached hydrogens (primary N) is 1. The molecular formula is C17H29N3O. The molecule has 0 saturated carbocycles. The first kappa shape index (κ1) is 16.3. The van der Waals surface area contributed by atoms with Gasteiger partial charge in [0.1, 0.15) is 5.75 Å². The van der Waals surface area contributed by atoms with Crippen molar-refractivity contribution in [3.63, 3.8) is 0 Å². The third-order valence-corrected chi connectivity index (χ3v) is 4.23. The lowest BCUT2D eigenvalue weighted by molar-refractivity contribution is 0.192. The molecule has 4 nitrogen and oxygen atoms in total. The van der Waals surface area contributed by atoms with Gasteiger partial charge in [0.15, 0.2) is 0 Å². The summed E-state index contributed by atoms with van der Waals surface area (Å²) in [6.45, 7) is 9.35. The molecule has 0 spiro atoms. The second-order valence-corrected chi connectivity index (χ2v) is 6.07. The lowest BCUT2D eigenvalue weighted by Gasteiger charge is -2.30. The Bertz CT molecular complexity index is 421. The van der Waals surface area contributed by atoms with Gasteiger partial charge in [-0.2, -0.15) is 0 Å². The van der Waals surface area contributed by atoms with E-state index in [1.54, 1.807) is 0 Å². The number of benzene rings is 1. The summed E-state index contributed by atoms with van der Waals surface area (Å²) < 4.78 is 5.48. The average molecular weight is 291 g/mol. The van der Waals surface area contributed by atoms with Crippen LogP contribution in [0.4, 0.5) is 0 Å². The molecule has 1 heterocycles.